The van der Waals surface area contributed by atoms with E-state index in [-0.39, 0.29) is 0 Å². The van der Waals surface area contributed by atoms with Crippen molar-refractivity contribution >= 4 is 5.65 Å². The molecular weight excluding hydrogens is 234 g/mol. The molecule has 0 aliphatic heterocycles. The van der Waals surface area contributed by atoms with E-state index in [9.17, 15) is 0 Å². The van der Waals surface area contributed by atoms with Gasteiger partial charge in [-0.15, -0.1) is 10.2 Å². The summed E-state index contributed by atoms with van der Waals surface area (Å²) in [6.45, 7) is 4.13. The number of aromatic nitrogens is 3. The van der Waals surface area contributed by atoms with E-state index in [4.69, 9.17) is 0 Å². The molecule has 3 nitrogen and oxygen atoms in total. The van der Waals surface area contributed by atoms with E-state index >= 15 is 0 Å². The molecule has 0 unspecified atom stereocenters. The van der Waals surface area contributed by atoms with Crippen LogP contribution >= 0.6 is 0 Å². The predicted molar refractivity (Wildman–Crippen MR) is 74.9 cm³/mol. The molecule has 3 heteroatoms. The van der Waals surface area contributed by atoms with Gasteiger partial charge in [0.2, 0.25) is 5.82 Å². The summed E-state index contributed by atoms with van der Waals surface area (Å²) in [6.07, 6.45) is 1.92. The fourth-order valence-corrected chi connectivity index (χ4v) is 1.92. The van der Waals surface area contributed by atoms with Crippen LogP contribution in [0.25, 0.3) is 5.65 Å². The molecule has 0 fully saturated rings. The van der Waals surface area contributed by atoms with Gasteiger partial charge >= 0.3 is 0 Å². The van der Waals surface area contributed by atoms with Gasteiger partial charge in [0, 0.05) is 11.8 Å². The molecule has 0 amide bonds. The lowest BCUT2D eigenvalue weighted by molar-refractivity contribution is 1.07. The highest BCUT2D eigenvalue weighted by atomic mass is 15.2. The molecule has 0 radical (unpaired) electrons. The molecule has 1 aromatic carbocycles. The van der Waals surface area contributed by atoms with Crippen LogP contribution in [-0.2, 0) is 0 Å². The van der Waals surface area contributed by atoms with E-state index in [1.807, 2.05) is 28.8 Å². The second kappa shape index (κ2) is 4.58. The summed E-state index contributed by atoms with van der Waals surface area (Å²) in [5.74, 6) is 6.93. The third-order valence-electron chi connectivity index (χ3n) is 3.02. The van der Waals surface area contributed by atoms with Gasteiger partial charge in [0.1, 0.15) is 0 Å². The molecule has 0 N–H and O–H groups in total. The maximum atomic E-state index is 4.10. The average Bonchev–Trinajstić information content (AvgIpc) is 2.83. The van der Waals surface area contributed by atoms with E-state index in [1.54, 1.807) is 0 Å². The summed E-state index contributed by atoms with van der Waals surface area (Å²) in [4.78, 5) is 0. The third kappa shape index (κ3) is 2.21. The Labute approximate surface area is 111 Å². The minimum absolute atomic E-state index is 0.663. The van der Waals surface area contributed by atoms with Crippen LogP contribution in [0.1, 0.15) is 22.5 Å². The quantitative estimate of drug-likeness (QED) is 0.572. The first-order valence-electron chi connectivity index (χ1n) is 6.13. The fourth-order valence-electron chi connectivity index (χ4n) is 1.92. The summed E-state index contributed by atoms with van der Waals surface area (Å²) in [5.41, 5.74) is 4.23. The highest BCUT2D eigenvalue weighted by Gasteiger charge is 2.00. The predicted octanol–water partition coefficient (Wildman–Crippen LogP) is 2.75. The Morgan fingerprint density at radius 3 is 2.79 bits per heavy atom. The number of benzene rings is 1. The van der Waals surface area contributed by atoms with E-state index in [1.165, 1.54) is 11.1 Å². The topological polar surface area (TPSA) is 30.2 Å². The largest absolute Gasteiger partial charge is 0.276 e. The molecule has 0 saturated heterocycles. The zero-order valence-electron chi connectivity index (χ0n) is 10.9. The number of aryl methyl sites for hydroxylation is 2. The molecule has 0 spiro atoms. The lowest BCUT2D eigenvalue weighted by atomic mass is 10.1. The first kappa shape index (κ1) is 11.5. The van der Waals surface area contributed by atoms with Crippen molar-refractivity contribution in [1.82, 2.24) is 14.6 Å². The minimum atomic E-state index is 0.663. The van der Waals surface area contributed by atoms with Gasteiger partial charge in [0.05, 0.1) is 0 Å². The molecule has 19 heavy (non-hydrogen) atoms. The lowest BCUT2D eigenvalue weighted by Crippen LogP contribution is -1.89. The molecule has 92 valence electrons. The Hall–Kier alpha value is -2.60. The first-order valence-corrected chi connectivity index (χ1v) is 6.13. The summed E-state index contributed by atoms with van der Waals surface area (Å²) in [5, 5.41) is 8.18. The number of rotatable bonds is 0. The number of pyridine rings is 1. The van der Waals surface area contributed by atoms with Gasteiger partial charge in [0.15, 0.2) is 5.65 Å². The van der Waals surface area contributed by atoms with Crippen molar-refractivity contribution in [1.29, 1.82) is 0 Å². The van der Waals surface area contributed by atoms with Crippen molar-refractivity contribution in [3.05, 3.63) is 65.1 Å². The van der Waals surface area contributed by atoms with Crippen molar-refractivity contribution in [2.75, 3.05) is 0 Å². The van der Waals surface area contributed by atoms with Crippen LogP contribution in [0.2, 0.25) is 0 Å². The Balaban J connectivity index is 2.06. The highest BCUT2D eigenvalue weighted by Crippen LogP contribution is 2.09. The molecule has 0 bridgehead atoms. The number of hydrogen-bond acceptors (Lipinski definition) is 2. The van der Waals surface area contributed by atoms with Gasteiger partial charge in [-0.2, -0.15) is 0 Å². The molecule has 0 aliphatic rings. The second-order valence-electron chi connectivity index (χ2n) is 4.52. The van der Waals surface area contributed by atoms with E-state index in [0.29, 0.717) is 5.82 Å². The van der Waals surface area contributed by atoms with Gasteiger partial charge in [-0.05, 0) is 49.1 Å². The SMILES string of the molecule is Cc1ccc(C)c(C#Cc2nnc3ccccn23)c1. The van der Waals surface area contributed by atoms with Crippen LogP contribution in [0.15, 0.2) is 42.6 Å². The molecular formula is C16H13N3. The van der Waals surface area contributed by atoms with Crippen LogP contribution in [0, 0.1) is 25.7 Å². The number of hydrogen-bond donors (Lipinski definition) is 0. The Bertz CT molecular complexity index is 803. The van der Waals surface area contributed by atoms with Crippen LogP contribution in [0.3, 0.4) is 0 Å². The van der Waals surface area contributed by atoms with Gasteiger partial charge in [-0.1, -0.05) is 24.1 Å². The van der Waals surface area contributed by atoms with Crippen LogP contribution in [-0.4, -0.2) is 14.6 Å². The van der Waals surface area contributed by atoms with Crippen LogP contribution in [0.4, 0.5) is 0 Å². The van der Waals surface area contributed by atoms with E-state index in [0.717, 1.165) is 11.2 Å². The normalized spacial score (nSPS) is 10.2. The Morgan fingerprint density at radius 2 is 1.89 bits per heavy atom. The van der Waals surface area contributed by atoms with Gasteiger partial charge in [0.25, 0.3) is 0 Å². The fraction of sp³-hybridized carbons (Fsp3) is 0.125. The van der Waals surface area contributed by atoms with Crippen molar-refractivity contribution in [3.8, 4) is 11.8 Å². The summed E-state index contributed by atoms with van der Waals surface area (Å²) in [7, 11) is 0. The van der Waals surface area contributed by atoms with E-state index in [2.05, 4.69) is 54.1 Å². The summed E-state index contributed by atoms with van der Waals surface area (Å²) < 4.78 is 1.89. The van der Waals surface area contributed by atoms with Gasteiger partial charge in [-0.25, -0.2) is 0 Å². The average molecular weight is 247 g/mol. The van der Waals surface area contributed by atoms with Crippen molar-refractivity contribution < 1.29 is 0 Å². The molecule has 0 saturated carbocycles. The molecule has 2 aromatic heterocycles. The van der Waals surface area contributed by atoms with Gasteiger partial charge < -0.3 is 0 Å². The monoisotopic (exact) mass is 247 g/mol. The lowest BCUT2D eigenvalue weighted by Gasteiger charge is -1.98. The third-order valence-corrected chi connectivity index (χ3v) is 3.02. The molecule has 3 aromatic rings. The highest BCUT2D eigenvalue weighted by molar-refractivity contribution is 5.47. The van der Waals surface area contributed by atoms with Crippen molar-refractivity contribution in [2.24, 2.45) is 0 Å². The maximum Gasteiger partial charge on any atom is 0.212 e. The molecule has 0 atom stereocenters. The zero-order chi connectivity index (χ0) is 13.2. The summed E-state index contributed by atoms with van der Waals surface area (Å²) in [6, 6.07) is 12.1. The second-order valence-corrected chi connectivity index (χ2v) is 4.52. The zero-order valence-corrected chi connectivity index (χ0v) is 10.9. The van der Waals surface area contributed by atoms with Crippen molar-refractivity contribution in [2.45, 2.75) is 13.8 Å². The van der Waals surface area contributed by atoms with Crippen molar-refractivity contribution in [3.63, 3.8) is 0 Å². The van der Waals surface area contributed by atoms with Crippen LogP contribution < -0.4 is 0 Å². The first-order chi connectivity index (χ1) is 9.24. The standard InChI is InChI=1S/C16H13N3/c1-12-6-7-13(2)14(11-12)8-9-16-18-17-15-5-3-4-10-19(15)16/h3-7,10-11H,1-2H3. The van der Waals surface area contributed by atoms with Gasteiger partial charge in [-0.3, -0.25) is 4.40 Å². The smallest absolute Gasteiger partial charge is 0.212 e. The van der Waals surface area contributed by atoms with E-state index < -0.39 is 0 Å². The molecule has 2 heterocycles. The Kier molecular flexibility index (Phi) is 2.77. The number of nitrogens with zero attached hydrogens (tertiary/aromatic N) is 3. The number of fused-ring (bicyclic) bond motifs is 1. The molecule has 0 aliphatic carbocycles. The minimum Gasteiger partial charge on any atom is -0.276 e. The van der Waals surface area contributed by atoms with Crippen LogP contribution in [0.5, 0.6) is 0 Å². The summed E-state index contributed by atoms with van der Waals surface area (Å²) >= 11 is 0. The maximum absolute atomic E-state index is 4.10. The Morgan fingerprint density at radius 1 is 1.00 bits per heavy atom. The molecule has 3 rings (SSSR count).